The lowest BCUT2D eigenvalue weighted by Gasteiger charge is -2.29. The first-order valence-electron chi connectivity index (χ1n) is 8.19. The third kappa shape index (κ3) is 8.17. The molecule has 0 aromatic rings. The SMILES string of the molecule is CON(C)C(=O)[C@H](CC(C)C)NC(=O)[C@H](C)N(N)C(=O)OC(C)(C)C. The van der Waals surface area contributed by atoms with Gasteiger partial charge in [-0.3, -0.25) is 14.4 Å². The van der Waals surface area contributed by atoms with Crippen LogP contribution in [0.3, 0.4) is 0 Å². The fourth-order valence-corrected chi connectivity index (χ4v) is 1.89. The average molecular weight is 360 g/mol. The zero-order valence-corrected chi connectivity index (χ0v) is 16.5. The van der Waals surface area contributed by atoms with E-state index in [1.165, 1.54) is 21.1 Å². The molecule has 9 nitrogen and oxygen atoms in total. The topological polar surface area (TPSA) is 114 Å². The number of likely N-dealkylation sites (N-methyl/N-ethyl adjacent to an activating group) is 1. The lowest BCUT2D eigenvalue weighted by molar-refractivity contribution is -0.172. The van der Waals surface area contributed by atoms with Crippen LogP contribution < -0.4 is 11.2 Å². The van der Waals surface area contributed by atoms with E-state index in [1.807, 2.05) is 13.8 Å². The lowest BCUT2D eigenvalue weighted by Crippen LogP contribution is -2.56. The molecular weight excluding hydrogens is 328 g/mol. The van der Waals surface area contributed by atoms with Crippen molar-refractivity contribution in [1.82, 2.24) is 15.4 Å². The van der Waals surface area contributed by atoms with Gasteiger partial charge in [0.2, 0.25) is 5.91 Å². The van der Waals surface area contributed by atoms with Gasteiger partial charge in [-0.15, -0.1) is 0 Å². The van der Waals surface area contributed by atoms with E-state index >= 15 is 0 Å². The fraction of sp³-hybridized carbons (Fsp3) is 0.812. The number of carbonyl (C=O) groups excluding carboxylic acids is 3. The molecule has 0 aliphatic rings. The predicted octanol–water partition coefficient (Wildman–Crippen LogP) is 1.04. The maximum absolute atomic E-state index is 12.4. The minimum Gasteiger partial charge on any atom is -0.443 e. The second-order valence-corrected chi connectivity index (χ2v) is 7.27. The Morgan fingerprint density at radius 2 is 1.68 bits per heavy atom. The van der Waals surface area contributed by atoms with Gasteiger partial charge in [0.1, 0.15) is 17.7 Å². The van der Waals surface area contributed by atoms with Gasteiger partial charge in [-0.25, -0.2) is 20.7 Å². The van der Waals surface area contributed by atoms with Crippen LogP contribution in [0, 0.1) is 5.92 Å². The van der Waals surface area contributed by atoms with E-state index in [0.29, 0.717) is 11.4 Å². The molecule has 25 heavy (non-hydrogen) atoms. The van der Waals surface area contributed by atoms with Gasteiger partial charge in [0, 0.05) is 7.05 Å². The van der Waals surface area contributed by atoms with Gasteiger partial charge in [-0.1, -0.05) is 13.8 Å². The standard InChI is InChI=1S/C16H32N4O5/c1-10(2)9-12(14(22)19(7)24-8)18-13(21)11(3)20(17)15(23)25-16(4,5)6/h10-12H,9,17H2,1-8H3,(H,18,21)/t11-,12-/m0/s1. The Bertz CT molecular complexity index is 476. The van der Waals surface area contributed by atoms with E-state index in [1.54, 1.807) is 20.8 Å². The molecule has 0 spiro atoms. The second kappa shape index (κ2) is 9.57. The summed E-state index contributed by atoms with van der Waals surface area (Å²) in [5, 5.41) is 4.38. The molecule has 0 fully saturated rings. The summed E-state index contributed by atoms with van der Waals surface area (Å²) in [7, 11) is 2.82. The molecule has 9 heteroatoms. The molecule has 2 atom stereocenters. The number of hydroxylamine groups is 2. The van der Waals surface area contributed by atoms with E-state index in [2.05, 4.69) is 5.32 Å². The van der Waals surface area contributed by atoms with Crippen molar-refractivity contribution in [1.29, 1.82) is 0 Å². The lowest BCUT2D eigenvalue weighted by atomic mass is 10.0. The highest BCUT2D eigenvalue weighted by Gasteiger charge is 2.31. The Balaban J connectivity index is 5.03. The number of carbonyl (C=O) groups is 3. The van der Waals surface area contributed by atoms with Crippen LogP contribution in [0.25, 0.3) is 0 Å². The van der Waals surface area contributed by atoms with Crippen molar-refractivity contribution >= 4 is 17.9 Å². The Hall–Kier alpha value is -1.87. The maximum atomic E-state index is 12.4. The highest BCUT2D eigenvalue weighted by Crippen LogP contribution is 2.11. The number of nitrogens with one attached hydrogen (secondary N) is 1. The van der Waals surface area contributed by atoms with Crippen LogP contribution in [0.2, 0.25) is 0 Å². The first-order valence-corrected chi connectivity index (χ1v) is 8.19. The van der Waals surface area contributed by atoms with Gasteiger partial charge >= 0.3 is 6.09 Å². The predicted molar refractivity (Wildman–Crippen MR) is 92.9 cm³/mol. The summed E-state index contributed by atoms with van der Waals surface area (Å²) in [4.78, 5) is 41.6. The zero-order valence-electron chi connectivity index (χ0n) is 16.5. The minimum atomic E-state index is -1.01. The van der Waals surface area contributed by atoms with Crippen LogP contribution in [-0.2, 0) is 19.2 Å². The number of hydrogen-bond donors (Lipinski definition) is 2. The third-order valence-corrected chi connectivity index (χ3v) is 3.31. The Morgan fingerprint density at radius 1 is 1.16 bits per heavy atom. The van der Waals surface area contributed by atoms with Crippen molar-refractivity contribution in [2.75, 3.05) is 14.2 Å². The highest BCUT2D eigenvalue weighted by atomic mass is 16.7. The van der Waals surface area contributed by atoms with Crippen molar-refractivity contribution in [3.8, 4) is 0 Å². The largest absolute Gasteiger partial charge is 0.443 e. The molecule has 3 amide bonds. The molecular formula is C16H32N4O5. The van der Waals surface area contributed by atoms with Crippen molar-refractivity contribution in [2.24, 2.45) is 11.8 Å². The molecule has 0 saturated carbocycles. The van der Waals surface area contributed by atoms with E-state index in [4.69, 9.17) is 15.4 Å². The Labute approximate surface area is 149 Å². The number of amides is 3. The molecule has 146 valence electrons. The number of nitrogens with zero attached hydrogens (tertiary/aromatic N) is 2. The molecule has 0 saturated heterocycles. The van der Waals surface area contributed by atoms with Gasteiger partial charge in [0.05, 0.1) is 7.11 Å². The van der Waals surface area contributed by atoms with Crippen LogP contribution in [0.1, 0.15) is 48.0 Å². The number of rotatable bonds is 7. The number of ether oxygens (including phenoxy) is 1. The average Bonchev–Trinajstić information content (AvgIpc) is 2.48. The number of hydrogen-bond acceptors (Lipinski definition) is 6. The molecule has 0 heterocycles. The van der Waals surface area contributed by atoms with E-state index in [-0.39, 0.29) is 5.92 Å². The highest BCUT2D eigenvalue weighted by molar-refractivity contribution is 5.90. The molecule has 0 aliphatic heterocycles. The van der Waals surface area contributed by atoms with Gasteiger partial charge in [-0.05, 0) is 40.0 Å². The zero-order chi connectivity index (χ0) is 19.9. The van der Waals surface area contributed by atoms with Gasteiger partial charge in [0.15, 0.2) is 0 Å². The van der Waals surface area contributed by atoms with Crippen molar-refractivity contribution in [3.63, 3.8) is 0 Å². The fourth-order valence-electron chi connectivity index (χ4n) is 1.89. The summed E-state index contributed by atoms with van der Waals surface area (Å²) in [5.74, 6) is 4.90. The van der Waals surface area contributed by atoms with Gasteiger partial charge < -0.3 is 10.1 Å². The van der Waals surface area contributed by atoms with Crippen LogP contribution in [0.4, 0.5) is 4.79 Å². The maximum Gasteiger partial charge on any atom is 0.425 e. The van der Waals surface area contributed by atoms with E-state index < -0.39 is 35.6 Å². The normalized spacial score (nSPS) is 13.8. The number of nitrogens with two attached hydrogens (primary N) is 1. The number of hydrazine groups is 1. The monoisotopic (exact) mass is 360 g/mol. The van der Waals surface area contributed by atoms with E-state index in [0.717, 1.165) is 5.06 Å². The van der Waals surface area contributed by atoms with Crippen molar-refractivity contribution in [2.45, 2.75) is 65.6 Å². The molecule has 3 N–H and O–H groups in total. The summed E-state index contributed by atoms with van der Waals surface area (Å²) in [6.07, 6.45) is -0.405. The van der Waals surface area contributed by atoms with E-state index in [9.17, 15) is 14.4 Å². The van der Waals surface area contributed by atoms with Crippen LogP contribution in [0.5, 0.6) is 0 Å². The first-order chi connectivity index (χ1) is 11.3. The Morgan fingerprint density at radius 3 is 2.08 bits per heavy atom. The summed E-state index contributed by atoms with van der Waals surface area (Å²) in [6.45, 7) is 10.4. The van der Waals surface area contributed by atoms with Gasteiger partial charge in [0.25, 0.3) is 5.91 Å². The minimum absolute atomic E-state index is 0.162. The van der Waals surface area contributed by atoms with Crippen LogP contribution in [-0.4, -0.2) is 59.8 Å². The summed E-state index contributed by atoms with van der Waals surface area (Å²) in [6, 6.07) is -1.79. The molecule has 0 radical (unpaired) electrons. The summed E-state index contributed by atoms with van der Waals surface area (Å²) < 4.78 is 5.13. The van der Waals surface area contributed by atoms with Crippen LogP contribution >= 0.6 is 0 Å². The molecule has 0 aliphatic carbocycles. The van der Waals surface area contributed by atoms with Crippen molar-refractivity contribution in [3.05, 3.63) is 0 Å². The molecule has 0 unspecified atom stereocenters. The van der Waals surface area contributed by atoms with Crippen molar-refractivity contribution < 1.29 is 24.0 Å². The smallest absolute Gasteiger partial charge is 0.425 e. The quantitative estimate of drug-likeness (QED) is 0.398. The molecule has 0 aromatic carbocycles. The molecule has 0 bridgehead atoms. The Kier molecular flexibility index (Phi) is 8.86. The van der Waals surface area contributed by atoms with Gasteiger partial charge in [-0.2, -0.15) is 0 Å². The summed E-state index contributed by atoms with van der Waals surface area (Å²) in [5.41, 5.74) is -0.734. The molecule has 0 rings (SSSR count). The second-order valence-electron chi connectivity index (χ2n) is 7.27. The first kappa shape index (κ1) is 23.1. The third-order valence-electron chi connectivity index (χ3n) is 3.31. The molecule has 0 aromatic heterocycles. The van der Waals surface area contributed by atoms with Crippen LogP contribution in [0.15, 0.2) is 0 Å². The summed E-state index contributed by atoms with van der Waals surface area (Å²) >= 11 is 0.